The van der Waals surface area contributed by atoms with Crippen molar-refractivity contribution in [2.24, 2.45) is 0 Å². The smallest absolute Gasteiger partial charge is 0.318 e. The van der Waals surface area contributed by atoms with E-state index >= 15 is 0 Å². The van der Waals surface area contributed by atoms with Gasteiger partial charge in [0, 0.05) is 24.5 Å². The molecule has 0 atom stereocenters. The van der Waals surface area contributed by atoms with Gasteiger partial charge in [0.1, 0.15) is 18.0 Å². The van der Waals surface area contributed by atoms with Crippen LogP contribution in [0.25, 0.3) is 0 Å². The quantitative estimate of drug-likeness (QED) is 0.479. The number of nitrogens with zero attached hydrogens (tertiary/aromatic N) is 1. The lowest BCUT2D eigenvalue weighted by Gasteiger charge is -2.19. The second-order valence-electron chi connectivity index (χ2n) is 4.74. The molecule has 0 amide bonds. The molecular weight excluding hydrogens is 266 g/mol. The Hall–Kier alpha value is -2.62. The van der Waals surface area contributed by atoms with Crippen molar-refractivity contribution < 1.29 is 14.3 Å². The van der Waals surface area contributed by atoms with Gasteiger partial charge < -0.3 is 9.64 Å². The molecule has 2 aromatic carbocycles. The van der Waals surface area contributed by atoms with E-state index in [9.17, 15) is 9.59 Å². The summed E-state index contributed by atoms with van der Waals surface area (Å²) in [7, 11) is 1.94. The molecule has 0 saturated heterocycles. The van der Waals surface area contributed by atoms with Gasteiger partial charge in [0.25, 0.3) is 0 Å². The van der Waals surface area contributed by atoms with Crippen LogP contribution in [0.5, 0.6) is 5.75 Å². The molecule has 0 bridgehead atoms. The van der Waals surface area contributed by atoms with Gasteiger partial charge in [0.2, 0.25) is 0 Å². The summed E-state index contributed by atoms with van der Waals surface area (Å²) in [5, 5.41) is 0. The maximum Gasteiger partial charge on any atom is 0.318 e. The van der Waals surface area contributed by atoms with Gasteiger partial charge in [-0.3, -0.25) is 9.59 Å². The number of Topliss-reactive ketones (excluding diaryl/α,β-unsaturated/α-hetero) is 1. The van der Waals surface area contributed by atoms with E-state index in [1.165, 1.54) is 6.92 Å². The van der Waals surface area contributed by atoms with Crippen molar-refractivity contribution in [3.63, 3.8) is 0 Å². The normalized spacial score (nSPS) is 10.0. The topological polar surface area (TPSA) is 46.6 Å². The fourth-order valence-electron chi connectivity index (χ4n) is 1.93. The molecule has 2 aromatic rings. The van der Waals surface area contributed by atoms with Crippen molar-refractivity contribution in [2.45, 2.75) is 13.3 Å². The van der Waals surface area contributed by atoms with Crippen LogP contribution in [-0.4, -0.2) is 18.8 Å². The minimum Gasteiger partial charge on any atom is -0.426 e. The molecule has 0 N–H and O–H groups in total. The summed E-state index contributed by atoms with van der Waals surface area (Å²) in [6.07, 6.45) is -0.210. The van der Waals surface area contributed by atoms with Crippen molar-refractivity contribution in [1.29, 1.82) is 0 Å². The van der Waals surface area contributed by atoms with Gasteiger partial charge in [-0.1, -0.05) is 24.3 Å². The van der Waals surface area contributed by atoms with E-state index in [4.69, 9.17) is 4.74 Å². The van der Waals surface area contributed by atoms with Gasteiger partial charge >= 0.3 is 5.97 Å². The monoisotopic (exact) mass is 283 g/mol. The summed E-state index contributed by atoms with van der Waals surface area (Å²) < 4.78 is 5.17. The number of hydrogen-bond acceptors (Lipinski definition) is 4. The number of benzene rings is 2. The van der Waals surface area contributed by atoms with Crippen LogP contribution in [0.3, 0.4) is 0 Å². The molecule has 0 radical (unpaired) electrons. The molecule has 108 valence electrons. The van der Waals surface area contributed by atoms with Crippen molar-refractivity contribution in [1.82, 2.24) is 0 Å². The molecule has 0 aliphatic rings. The number of para-hydroxylation sites is 1. The molecule has 21 heavy (non-hydrogen) atoms. The molecule has 0 aliphatic heterocycles. The van der Waals surface area contributed by atoms with Crippen LogP contribution in [0.4, 0.5) is 11.4 Å². The maximum absolute atomic E-state index is 11.5. The number of esters is 1. The molecule has 2 rings (SSSR count). The lowest BCUT2D eigenvalue weighted by atomic mass is 10.2. The Bertz CT molecular complexity index is 637. The Morgan fingerprint density at radius 3 is 2.33 bits per heavy atom. The minimum absolute atomic E-state index is 0.210. The first kappa shape index (κ1) is 14.8. The van der Waals surface area contributed by atoms with E-state index < -0.39 is 5.97 Å². The first-order valence-electron chi connectivity index (χ1n) is 6.65. The second-order valence-corrected chi connectivity index (χ2v) is 4.74. The van der Waals surface area contributed by atoms with Crippen LogP contribution >= 0.6 is 0 Å². The highest BCUT2D eigenvalue weighted by Gasteiger charge is 2.10. The van der Waals surface area contributed by atoms with Crippen molar-refractivity contribution >= 4 is 23.1 Å². The molecule has 0 aromatic heterocycles. The van der Waals surface area contributed by atoms with Crippen LogP contribution < -0.4 is 9.64 Å². The molecule has 0 spiro atoms. The van der Waals surface area contributed by atoms with Gasteiger partial charge in [-0.05, 0) is 31.2 Å². The van der Waals surface area contributed by atoms with E-state index in [0.717, 1.165) is 11.4 Å². The summed E-state index contributed by atoms with van der Waals surface area (Å²) in [4.78, 5) is 24.4. The molecule has 0 unspecified atom stereocenters. The zero-order valence-corrected chi connectivity index (χ0v) is 12.1. The van der Waals surface area contributed by atoms with E-state index in [0.29, 0.717) is 5.75 Å². The zero-order chi connectivity index (χ0) is 15.2. The molecule has 0 heterocycles. The standard InChI is InChI=1S/C17H17NO3/c1-13(19)11-17(20)21-16-10-6-9-15(12-16)18(2)14-7-4-3-5-8-14/h3-10,12H,11H2,1-2H3. The summed E-state index contributed by atoms with van der Waals surface area (Å²) in [6.45, 7) is 1.36. The van der Waals surface area contributed by atoms with E-state index in [1.54, 1.807) is 12.1 Å². The van der Waals surface area contributed by atoms with Crippen molar-refractivity contribution in [2.75, 3.05) is 11.9 Å². The second kappa shape index (κ2) is 6.70. The lowest BCUT2D eigenvalue weighted by Crippen LogP contribution is -2.13. The van der Waals surface area contributed by atoms with E-state index in [1.807, 2.05) is 54.4 Å². The largest absolute Gasteiger partial charge is 0.426 e. The van der Waals surface area contributed by atoms with Gasteiger partial charge in [-0.2, -0.15) is 0 Å². The Morgan fingerprint density at radius 1 is 1.00 bits per heavy atom. The number of ketones is 1. The highest BCUT2D eigenvalue weighted by Crippen LogP contribution is 2.26. The number of ether oxygens (including phenoxy) is 1. The first-order valence-corrected chi connectivity index (χ1v) is 6.65. The lowest BCUT2D eigenvalue weighted by molar-refractivity contribution is -0.137. The fraction of sp³-hybridized carbons (Fsp3) is 0.176. The van der Waals surface area contributed by atoms with Crippen molar-refractivity contribution in [3.8, 4) is 5.75 Å². The number of rotatable bonds is 5. The Balaban J connectivity index is 2.14. The molecule has 0 saturated carbocycles. The highest BCUT2D eigenvalue weighted by molar-refractivity contribution is 5.95. The number of carbonyl (C=O) groups excluding carboxylic acids is 2. The minimum atomic E-state index is -0.540. The third-order valence-corrected chi connectivity index (χ3v) is 2.97. The van der Waals surface area contributed by atoms with Gasteiger partial charge in [0.15, 0.2) is 0 Å². The van der Waals surface area contributed by atoms with Gasteiger partial charge in [0.05, 0.1) is 0 Å². The Morgan fingerprint density at radius 2 is 1.67 bits per heavy atom. The van der Waals surface area contributed by atoms with Crippen LogP contribution in [0.2, 0.25) is 0 Å². The Kier molecular flexibility index (Phi) is 4.72. The third kappa shape index (κ3) is 4.18. The van der Waals surface area contributed by atoms with Crippen LogP contribution in [-0.2, 0) is 9.59 Å². The predicted molar refractivity (Wildman–Crippen MR) is 81.9 cm³/mol. The highest BCUT2D eigenvalue weighted by atomic mass is 16.5. The van der Waals surface area contributed by atoms with Gasteiger partial charge in [-0.15, -0.1) is 0 Å². The maximum atomic E-state index is 11.5. The average molecular weight is 283 g/mol. The molecule has 4 nitrogen and oxygen atoms in total. The Labute approximate surface area is 124 Å². The van der Waals surface area contributed by atoms with Crippen LogP contribution in [0, 0.1) is 0 Å². The molecule has 0 fully saturated rings. The summed E-state index contributed by atoms with van der Waals surface area (Å²) in [5.74, 6) is -0.318. The first-order chi connectivity index (χ1) is 10.1. The van der Waals surface area contributed by atoms with Crippen LogP contribution in [0.15, 0.2) is 54.6 Å². The third-order valence-electron chi connectivity index (χ3n) is 2.97. The van der Waals surface area contributed by atoms with Gasteiger partial charge in [-0.25, -0.2) is 0 Å². The summed E-state index contributed by atoms with van der Waals surface area (Å²) in [6, 6.07) is 17.1. The number of carbonyl (C=O) groups is 2. The average Bonchev–Trinajstić information content (AvgIpc) is 2.46. The number of anilines is 2. The molecule has 4 heteroatoms. The van der Waals surface area contributed by atoms with E-state index in [2.05, 4.69) is 0 Å². The predicted octanol–water partition coefficient (Wildman–Crippen LogP) is 3.34. The van der Waals surface area contributed by atoms with Crippen LogP contribution in [0.1, 0.15) is 13.3 Å². The van der Waals surface area contributed by atoms with E-state index in [-0.39, 0.29) is 12.2 Å². The summed E-state index contributed by atoms with van der Waals surface area (Å²) in [5.41, 5.74) is 1.93. The molecular formula is C17H17NO3. The number of hydrogen-bond donors (Lipinski definition) is 0. The van der Waals surface area contributed by atoms with Crippen molar-refractivity contribution in [3.05, 3.63) is 54.6 Å². The SMILES string of the molecule is CC(=O)CC(=O)Oc1cccc(N(C)c2ccccc2)c1. The molecule has 0 aliphatic carbocycles. The summed E-state index contributed by atoms with van der Waals surface area (Å²) >= 11 is 0. The zero-order valence-electron chi connectivity index (χ0n) is 12.1. The fourth-order valence-corrected chi connectivity index (χ4v) is 1.93.